The second kappa shape index (κ2) is 5.66. The Morgan fingerprint density at radius 3 is 2.22 bits per heavy atom. The maximum atomic E-state index is 12.9. The zero-order valence-electron chi connectivity index (χ0n) is 13.2. The van der Waals surface area contributed by atoms with Crippen molar-refractivity contribution in [3.05, 3.63) is 71.2 Å². The topological polar surface area (TPSA) is 81.0 Å². The van der Waals surface area contributed by atoms with E-state index in [0.717, 1.165) is 4.40 Å². The molecule has 7 nitrogen and oxygen atoms in total. The molecule has 0 radical (unpaired) electrons. The summed E-state index contributed by atoms with van der Waals surface area (Å²) in [5, 5.41) is 0.282. The van der Waals surface area contributed by atoms with Crippen molar-refractivity contribution in [2.24, 2.45) is 0 Å². The number of alkyl halides is 3. The summed E-state index contributed by atoms with van der Waals surface area (Å²) in [5.74, 6) is -2.86. The third kappa shape index (κ3) is 2.62. The Hall–Kier alpha value is -3.69. The van der Waals surface area contributed by atoms with E-state index in [4.69, 9.17) is 4.84 Å². The summed E-state index contributed by atoms with van der Waals surface area (Å²) in [5.41, 5.74) is -1.71. The van der Waals surface area contributed by atoms with Gasteiger partial charge in [-0.1, -0.05) is 17.2 Å². The molecule has 0 fully saturated rings. The highest BCUT2D eigenvalue weighted by Crippen LogP contribution is 2.29. The molecule has 1 aliphatic heterocycles. The number of hydrogen-bond acceptors (Lipinski definition) is 5. The van der Waals surface area contributed by atoms with E-state index in [1.807, 2.05) is 0 Å². The van der Waals surface area contributed by atoms with Crippen molar-refractivity contribution < 1.29 is 32.4 Å². The molecule has 0 N–H and O–H groups in total. The second-order valence-corrected chi connectivity index (χ2v) is 5.61. The van der Waals surface area contributed by atoms with Gasteiger partial charge in [0.25, 0.3) is 11.8 Å². The standard InChI is InChI=1S/C17H8F3N3O4/c18-17(19,20)12-8-22-7-3-6-11(13(22)21-12)16(26)27-23-14(24)9-4-1-2-5-10(9)15(23)25/h1-8H. The molecule has 0 unspecified atom stereocenters. The Balaban J connectivity index is 1.68. The fraction of sp³-hybridized carbons (Fsp3) is 0.0588. The zero-order chi connectivity index (χ0) is 19.3. The van der Waals surface area contributed by atoms with E-state index in [9.17, 15) is 27.6 Å². The highest BCUT2D eigenvalue weighted by atomic mass is 19.4. The Bertz CT molecular complexity index is 1090. The van der Waals surface area contributed by atoms with Crippen LogP contribution < -0.4 is 0 Å². The molecular weight excluding hydrogens is 367 g/mol. The molecule has 0 spiro atoms. The summed E-state index contributed by atoms with van der Waals surface area (Å²) in [6.07, 6.45) is -2.71. The molecule has 3 aromatic rings. The number of imidazole rings is 1. The van der Waals surface area contributed by atoms with Gasteiger partial charge >= 0.3 is 12.1 Å². The number of hydroxylamine groups is 2. The number of hydrogen-bond donors (Lipinski definition) is 0. The number of pyridine rings is 1. The molecule has 27 heavy (non-hydrogen) atoms. The predicted molar refractivity (Wildman–Crippen MR) is 82.6 cm³/mol. The largest absolute Gasteiger partial charge is 0.434 e. The van der Waals surface area contributed by atoms with Gasteiger partial charge < -0.3 is 9.24 Å². The first-order chi connectivity index (χ1) is 12.8. The molecule has 0 saturated carbocycles. The van der Waals surface area contributed by atoms with Crippen LogP contribution in [0.15, 0.2) is 48.8 Å². The number of nitrogens with zero attached hydrogens (tertiary/aromatic N) is 3. The third-order valence-electron chi connectivity index (χ3n) is 3.92. The van der Waals surface area contributed by atoms with Crippen LogP contribution in [0.3, 0.4) is 0 Å². The van der Waals surface area contributed by atoms with Gasteiger partial charge in [0.1, 0.15) is 5.56 Å². The Morgan fingerprint density at radius 2 is 1.63 bits per heavy atom. The summed E-state index contributed by atoms with van der Waals surface area (Å²) < 4.78 is 39.6. The van der Waals surface area contributed by atoms with Crippen LogP contribution in [-0.2, 0) is 11.0 Å². The highest BCUT2D eigenvalue weighted by Gasteiger charge is 2.39. The molecule has 1 aromatic carbocycles. The first kappa shape index (κ1) is 16.8. The average molecular weight is 375 g/mol. The van der Waals surface area contributed by atoms with Crippen molar-refractivity contribution in [2.45, 2.75) is 6.18 Å². The molecule has 136 valence electrons. The van der Waals surface area contributed by atoms with Crippen molar-refractivity contribution in [1.82, 2.24) is 14.4 Å². The van der Waals surface area contributed by atoms with Crippen molar-refractivity contribution >= 4 is 23.4 Å². The number of halogens is 3. The van der Waals surface area contributed by atoms with Gasteiger partial charge in [-0.2, -0.15) is 13.2 Å². The van der Waals surface area contributed by atoms with Gasteiger partial charge in [-0.25, -0.2) is 9.78 Å². The highest BCUT2D eigenvalue weighted by molar-refractivity contribution is 6.21. The molecule has 4 rings (SSSR count). The van der Waals surface area contributed by atoms with Gasteiger partial charge in [0, 0.05) is 12.4 Å². The van der Waals surface area contributed by atoms with Crippen LogP contribution >= 0.6 is 0 Å². The summed E-state index contributed by atoms with van der Waals surface area (Å²) >= 11 is 0. The Morgan fingerprint density at radius 1 is 1.00 bits per heavy atom. The van der Waals surface area contributed by atoms with Crippen LogP contribution in [0.2, 0.25) is 0 Å². The molecular formula is C17H8F3N3O4. The molecule has 2 amide bonds. The molecule has 1 aliphatic rings. The van der Waals surface area contributed by atoms with Gasteiger partial charge in [-0.05, 0) is 24.3 Å². The minimum absolute atomic E-state index is 0.0636. The van der Waals surface area contributed by atoms with Crippen molar-refractivity contribution in [3.8, 4) is 0 Å². The molecule has 2 aromatic heterocycles. The lowest BCUT2D eigenvalue weighted by Crippen LogP contribution is -2.32. The van der Waals surface area contributed by atoms with E-state index in [1.165, 1.54) is 30.5 Å². The van der Waals surface area contributed by atoms with Crippen LogP contribution in [0.1, 0.15) is 36.8 Å². The quantitative estimate of drug-likeness (QED) is 0.644. The van der Waals surface area contributed by atoms with Crippen LogP contribution in [0.4, 0.5) is 13.2 Å². The van der Waals surface area contributed by atoms with Crippen molar-refractivity contribution in [2.75, 3.05) is 0 Å². The van der Waals surface area contributed by atoms with Gasteiger partial charge in [-0.3, -0.25) is 9.59 Å². The fourth-order valence-corrected chi connectivity index (χ4v) is 2.69. The van der Waals surface area contributed by atoms with Crippen molar-refractivity contribution in [1.29, 1.82) is 0 Å². The lowest BCUT2D eigenvalue weighted by Gasteiger charge is -2.12. The van der Waals surface area contributed by atoms with Crippen LogP contribution in [0.25, 0.3) is 5.65 Å². The van der Waals surface area contributed by atoms with Crippen LogP contribution in [0.5, 0.6) is 0 Å². The number of amides is 2. The van der Waals surface area contributed by atoms with E-state index < -0.39 is 29.7 Å². The number of benzene rings is 1. The first-order valence-corrected chi connectivity index (χ1v) is 7.52. The van der Waals surface area contributed by atoms with Crippen molar-refractivity contribution in [3.63, 3.8) is 0 Å². The monoisotopic (exact) mass is 375 g/mol. The summed E-state index contributed by atoms with van der Waals surface area (Å²) in [6, 6.07) is 8.37. The molecule has 0 bridgehead atoms. The maximum Gasteiger partial charge on any atom is 0.434 e. The SMILES string of the molecule is O=C(ON1C(=O)c2ccccc2C1=O)c1cccn2cc(C(F)(F)F)nc12. The van der Waals surface area contributed by atoms with E-state index in [2.05, 4.69) is 4.98 Å². The Kier molecular flexibility index (Phi) is 3.51. The maximum absolute atomic E-state index is 12.9. The minimum atomic E-state index is -4.70. The summed E-state index contributed by atoms with van der Waals surface area (Å²) in [7, 11) is 0. The molecule has 3 heterocycles. The van der Waals surface area contributed by atoms with Gasteiger partial charge in [-0.15, -0.1) is 0 Å². The summed E-state index contributed by atoms with van der Waals surface area (Å²) in [4.78, 5) is 45.1. The van der Waals surface area contributed by atoms with E-state index in [-0.39, 0.29) is 27.4 Å². The molecule has 10 heteroatoms. The van der Waals surface area contributed by atoms with Crippen LogP contribution in [-0.4, -0.2) is 32.2 Å². The van der Waals surface area contributed by atoms with Crippen LogP contribution in [0, 0.1) is 0 Å². The average Bonchev–Trinajstić information content (AvgIpc) is 3.17. The number of aromatic nitrogens is 2. The third-order valence-corrected chi connectivity index (χ3v) is 3.92. The number of carbonyl (C=O) groups excluding carboxylic acids is 3. The lowest BCUT2D eigenvalue weighted by atomic mass is 10.1. The fourth-order valence-electron chi connectivity index (χ4n) is 2.69. The molecule has 0 atom stereocenters. The number of fused-ring (bicyclic) bond motifs is 2. The normalized spacial score (nSPS) is 14.0. The number of carbonyl (C=O) groups is 3. The van der Waals surface area contributed by atoms with Gasteiger partial charge in [0.2, 0.25) is 0 Å². The zero-order valence-corrected chi connectivity index (χ0v) is 13.2. The van der Waals surface area contributed by atoms with E-state index >= 15 is 0 Å². The smallest absolute Gasteiger partial charge is 0.324 e. The molecule has 0 saturated heterocycles. The number of rotatable bonds is 2. The second-order valence-electron chi connectivity index (χ2n) is 5.61. The van der Waals surface area contributed by atoms with E-state index in [1.54, 1.807) is 12.1 Å². The molecule has 0 aliphatic carbocycles. The summed E-state index contributed by atoms with van der Waals surface area (Å²) in [6.45, 7) is 0. The number of imide groups is 1. The predicted octanol–water partition coefficient (Wildman–Crippen LogP) is 2.72. The first-order valence-electron chi connectivity index (χ1n) is 7.52. The minimum Gasteiger partial charge on any atom is -0.324 e. The van der Waals surface area contributed by atoms with Gasteiger partial charge in [0.15, 0.2) is 11.3 Å². The van der Waals surface area contributed by atoms with E-state index in [0.29, 0.717) is 6.20 Å². The van der Waals surface area contributed by atoms with Gasteiger partial charge in [0.05, 0.1) is 11.1 Å². The lowest BCUT2D eigenvalue weighted by molar-refractivity contribution is -0.140. The Labute approximate surface area is 148 Å².